The van der Waals surface area contributed by atoms with Crippen LogP contribution in [0.5, 0.6) is 17.2 Å². The van der Waals surface area contributed by atoms with Crippen molar-refractivity contribution in [2.24, 2.45) is 0 Å². The topological polar surface area (TPSA) is 124 Å². The van der Waals surface area contributed by atoms with Gasteiger partial charge < -0.3 is 29.2 Å². The van der Waals surface area contributed by atoms with Crippen LogP contribution in [0.4, 0.5) is 10.5 Å². The number of phenols is 1. The van der Waals surface area contributed by atoms with Crippen molar-refractivity contribution in [2.45, 2.75) is 12.2 Å². The summed E-state index contributed by atoms with van der Waals surface area (Å²) >= 11 is 2.05. The fourth-order valence-electron chi connectivity index (χ4n) is 2.78. The number of halogens is 1. The van der Waals surface area contributed by atoms with Crippen LogP contribution in [0.2, 0.25) is 0 Å². The van der Waals surface area contributed by atoms with Crippen LogP contribution in [0.15, 0.2) is 48.6 Å². The molecule has 2 aromatic carbocycles. The molecule has 0 radical (unpaired) electrons. The Hall–Kier alpha value is -2.99. The van der Waals surface area contributed by atoms with E-state index in [2.05, 4.69) is 5.32 Å². The standard InChI is InChI=1S/C20H18INO8/c1-27-16(6-7-18(24)25)19(13-8-11(21)2-4-14(13)23)30-20(26)22-12-3-5-15-17(9-12)29-10-28-15/h2-9,16,19,23H,10H2,1H3,(H,22,26)(H,24,25)/b7-6+/t16-,19-/m0/s1. The lowest BCUT2D eigenvalue weighted by Crippen LogP contribution is -2.27. The summed E-state index contributed by atoms with van der Waals surface area (Å²) in [6.07, 6.45) is -0.796. The monoisotopic (exact) mass is 527 g/mol. The van der Waals surface area contributed by atoms with Crippen LogP contribution in [0, 0.1) is 3.57 Å². The molecule has 0 saturated carbocycles. The zero-order valence-corrected chi connectivity index (χ0v) is 17.9. The van der Waals surface area contributed by atoms with E-state index in [4.69, 9.17) is 24.1 Å². The fraction of sp³-hybridized carbons (Fsp3) is 0.200. The first kappa shape index (κ1) is 21.7. The third-order valence-corrected chi connectivity index (χ3v) is 4.82. The maximum Gasteiger partial charge on any atom is 0.412 e. The molecule has 30 heavy (non-hydrogen) atoms. The number of fused-ring (bicyclic) bond motifs is 1. The van der Waals surface area contributed by atoms with Crippen LogP contribution >= 0.6 is 22.6 Å². The zero-order valence-electron chi connectivity index (χ0n) is 15.7. The predicted octanol–water partition coefficient (Wildman–Crippen LogP) is 3.67. The summed E-state index contributed by atoms with van der Waals surface area (Å²) in [5.41, 5.74) is 0.675. The van der Waals surface area contributed by atoms with Crippen LogP contribution in [0.3, 0.4) is 0 Å². The van der Waals surface area contributed by atoms with E-state index in [0.717, 1.165) is 9.65 Å². The number of aromatic hydroxyl groups is 1. The summed E-state index contributed by atoms with van der Waals surface area (Å²) < 4.78 is 22.1. The molecule has 1 aliphatic rings. The van der Waals surface area contributed by atoms with E-state index in [0.29, 0.717) is 17.2 Å². The molecule has 158 valence electrons. The number of carboxylic acid groups (broad SMARTS) is 1. The fourth-order valence-corrected chi connectivity index (χ4v) is 3.29. The minimum Gasteiger partial charge on any atom is -0.508 e. The lowest BCUT2D eigenvalue weighted by atomic mass is 10.0. The molecule has 1 amide bonds. The predicted molar refractivity (Wildman–Crippen MR) is 114 cm³/mol. The second-order valence-electron chi connectivity index (χ2n) is 6.12. The maximum absolute atomic E-state index is 12.6. The number of phenolic OH excluding ortho intramolecular Hbond substituents is 1. The summed E-state index contributed by atoms with van der Waals surface area (Å²) in [5, 5.41) is 21.8. The number of anilines is 1. The molecule has 2 atom stereocenters. The average Bonchev–Trinajstić information content (AvgIpc) is 3.17. The number of ether oxygens (including phenoxy) is 4. The zero-order chi connectivity index (χ0) is 21.7. The second-order valence-corrected chi connectivity index (χ2v) is 7.37. The van der Waals surface area contributed by atoms with Crippen LogP contribution in [0.1, 0.15) is 11.7 Å². The van der Waals surface area contributed by atoms with E-state index in [1.54, 1.807) is 30.3 Å². The lowest BCUT2D eigenvalue weighted by Gasteiger charge is -2.25. The van der Waals surface area contributed by atoms with Gasteiger partial charge in [-0.15, -0.1) is 0 Å². The van der Waals surface area contributed by atoms with Crippen molar-refractivity contribution < 1.29 is 38.7 Å². The van der Waals surface area contributed by atoms with Gasteiger partial charge in [-0.05, 0) is 59.0 Å². The molecule has 0 aromatic heterocycles. The van der Waals surface area contributed by atoms with Gasteiger partial charge in [-0.1, -0.05) is 0 Å². The smallest absolute Gasteiger partial charge is 0.412 e. The first-order chi connectivity index (χ1) is 14.4. The Kier molecular flexibility index (Phi) is 7.00. The highest BCUT2D eigenvalue weighted by Gasteiger charge is 2.29. The van der Waals surface area contributed by atoms with E-state index in [-0.39, 0.29) is 18.1 Å². The van der Waals surface area contributed by atoms with Crippen molar-refractivity contribution in [1.29, 1.82) is 0 Å². The van der Waals surface area contributed by atoms with Crippen molar-refractivity contribution in [3.8, 4) is 17.2 Å². The van der Waals surface area contributed by atoms with Crippen molar-refractivity contribution in [3.05, 3.63) is 57.7 Å². The third kappa shape index (κ3) is 5.33. The first-order valence-corrected chi connectivity index (χ1v) is 9.75. The molecule has 0 spiro atoms. The van der Waals surface area contributed by atoms with Gasteiger partial charge in [0.2, 0.25) is 6.79 Å². The molecule has 0 aliphatic carbocycles. The molecule has 1 aliphatic heterocycles. The Labute approximate surface area is 185 Å². The van der Waals surface area contributed by atoms with Crippen LogP contribution in [-0.2, 0) is 14.3 Å². The molecule has 3 rings (SSSR count). The van der Waals surface area contributed by atoms with Gasteiger partial charge in [-0.3, -0.25) is 5.32 Å². The highest BCUT2D eigenvalue weighted by Crippen LogP contribution is 2.35. The summed E-state index contributed by atoms with van der Waals surface area (Å²) in [6.45, 7) is 0.0999. The van der Waals surface area contributed by atoms with E-state index in [1.807, 2.05) is 22.6 Å². The number of carbonyl (C=O) groups excluding carboxylic acids is 1. The van der Waals surface area contributed by atoms with Crippen molar-refractivity contribution in [3.63, 3.8) is 0 Å². The highest BCUT2D eigenvalue weighted by atomic mass is 127. The molecule has 0 fully saturated rings. The third-order valence-electron chi connectivity index (χ3n) is 4.15. The largest absolute Gasteiger partial charge is 0.508 e. The lowest BCUT2D eigenvalue weighted by molar-refractivity contribution is -0.131. The molecule has 1 heterocycles. The van der Waals surface area contributed by atoms with Gasteiger partial charge in [-0.2, -0.15) is 0 Å². The van der Waals surface area contributed by atoms with Gasteiger partial charge in [0.05, 0.1) is 0 Å². The molecule has 10 heteroatoms. The Morgan fingerprint density at radius 3 is 2.70 bits per heavy atom. The molecule has 0 unspecified atom stereocenters. The highest BCUT2D eigenvalue weighted by molar-refractivity contribution is 14.1. The Balaban J connectivity index is 1.84. The van der Waals surface area contributed by atoms with E-state index >= 15 is 0 Å². The van der Waals surface area contributed by atoms with Gasteiger partial charge >= 0.3 is 12.1 Å². The van der Waals surface area contributed by atoms with Crippen LogP contribution < -0.4 is 14.8 Å². The summed E-state index contributed by atoms with van der Waals surface area (Å²) in [4.78, 5) is 23.5. The Morgan fingerprint density at radius 1 is 1.20 bits per heavy atom. The number of amides is 1. The van der Waals surface area contributed by atoms with Crippen LogP contribution in [-0.4, -0.2) is 42.3 Å². The normalized spacial score (nSPS) is 14.3. The van der Waals surface area contributed by atoms with E-state index in [1.165, 1.54) is 19.3 Å². The van der Waals surface area contributed by atoms with Gasteiger partial charge in [0.15, 0.2) is 17.6 Å². The minimum atomic E-state index is -1.19. The number of carboxylic acids is 1. The first-order valence-electron chi connectivity index (χ1n) is 8.67. The quantitative estimate of drug-likeness (QED) is 0.368. The van der Waals surface area contributed by atoms with Gasteiger partial charge in [0.1, 0.15) is 11.9 Å². The molecule has 0 bridgehead atoms. The van der Waals surface area contributed by atoms with Gasteiger partial charge in [0.25, 0.3) is 0 Å². The molecule has 2 aromatic rings. The second kappa shape index (κ2) is 9.67. The maximum atomic E-state index is 12.6. The van der Waals surface area contributed by atoms with Gasteiger partial charge in [0, 0.05) is 34.1 Å². The Morgan fingerprint density at radius 2 is 1.97 bits per heavy atom. The summed E-state index contributed by atoms with van der Waals surface area (Å²) in [6, 6.07) is 9.60. The number of methoxy groups -OCH3 is 1. The summed E-state index contributed by atoms with van der Waals surface area (Å²) in [5.74, 6) is -0.262. The summed E-state index contributed by atoms with van der Waals surface area (Å²) in [7, 11) is 1.34. The van der Waals surface area contributed by atoms with Crippen molar-refractivity contribution in [1.82, 2.24) is 0 Å². The number of rotatable bonds is 7. The molecule has 0 saturated heterocycles. The number of hydrogen-bond donors (Lipinski definition) is 3. The van der Waals surface area contributed by atoms with Crippen LogP contribution in [0.25, 0.3) is 0 Å². The molecule has 9 nitrogen and oxygen atoms in total. The Bertz CT molecular complexity index is 977. The minimum absolute atomic E-state index is 0.0999. The van der Waals surface area contributed by atoms with Gasteiger partial charge in [-0.25, -0.2) is 9.59 Å². The number of aliphatic carboxylic acids is 1. The number of hydrogen-bond acceptors (Lipinski definition) is 7. The van der Waals surface area contributed by atoms with Crippen molar-refractivity contribution >= 4 is 40.3 Å². The van der Waals surface area contributed by atoms with E-state index in [9.17, 15) is 14.7 Å². The van der Waals surface area contributed by atoms with E-state index < -0.39 is 24.3 Å². The molecule has 3 N–H and O–H groups in total. The average molecular weight is 527 g/mol. The SMILES string of the molecule is CO[C@@H](/C=C/C(=O)O)[C@@H](OC(=O)Nc1ccc2c(c1)OCO2)c1cc(I)ccc1O. The van der Waals surface area contributed by atoms with Crippen molar-refractivity contribution in [2.75, 3.05) is 19.2 Å². The molecular weight excluding hydrogens is 509 g/mol. The number of benzene rings is 2. The molecular formula is C20H18INO8. The number of nitrogens with one attached hydrogen (secondary N) is 1. The number of carbonyl (C=O) groups is 2.